The maximum absolute atomic E-state index is 11.4. The molecule has 0 amide bonds. The molecule has 0 aliphatic carbocycles. The highest BCUT2D eigenvalue weighted by molar-refractivity contribution is 5.74. The second kappa shape index (κ2) is 7.53. The summed E-state index contributed by atoms with van der Waals surface area (Å²) in [6.45, 7) is 3.83. The fourth-order valence-corrected chi connectivity index (χ4v) is 1.87. The lowest BCUT2D eigenvalue weighted by molar-refractivity contribution is -0.142. The summed E-state index contributed by atoms with van der Waals surface area (Å²) in [5.41, 5.74) is 2.89. The van der Waals surface area contributed by atoms with E-state index in [4.69, 9.17) is 4.74 Å². The molecule has 20 heavy (non-hydrogen) atoms. The van der Waals surface area contributed by atoms with E-state index >= 15 is 0 Å². The molecule has 0 aliphatic heterocycles. The molecule has 0 heterocycles. The van der Waals surface area contributed by atoms with Crippen molar-refractivity contribution >= 4 is 11.9 Å². The van der Waals surface area contributed by atoms with Gasteiger partial charge in [-0.05, 0) is 30.5 Å². The first-order valence-electron chi connectivity index (χ1n) is 6.40. The lowest BCUT2D eigenvalue weighted by Crippen LogP contribution is -2.15. The zero-order valence-electron chi connectivity index (χ0n) is 12.3. The molecule has 5 heteroatoms. The molecule has 5 nitrogen and oxygen atoms in total. The number of carbonyl (C=O) groups excluding carboxylic acids is 2. The molecule has 0 spiro atoms. The highest BCUT2D eigenvalue weighted by Gasteiger charge is 2.13. The number of ether oxygens (including phenoxy) is 3. The number of esters is 2. The van der Waals surface area contributed by atoms with E-state index in [0.717, 1.165) is 17.5 Å². The largest absolute Gasteiger partial charge is 0.482 e. The van der Waals surface area contributed by atoms with E-state index in [1.54, 1.807) is 0 Å². The van der Waals surface area contributed by atoms with Gasteiger partial charge in [0.25, 0.3) is 0 Å². The zero-order valence-corrected chi connectivity index (χ0v) is 12.3. The van der Waals surface area contributed by atoms with Gasteiger partial charge in [0.2, 0.25) is 0 Å². The first kappa shape index (κ1) is 16.0. The van der Waals surface area contributed by atoms with Gasteiger partial charge >= 0.3 is 11.9 Å². The molecule has 0 saturated heterocycles. The summed E-state index contributed by atoms with van der Waals surface area (Å²) in [5.74, 6) is -0.299. The van der Waals surface area contributed by atoms with E-state index in [-0.39, 0.29) is 19.0 Å². The Hall–Kier alpha value is -2.04. The number of hydrogen-bond acceptors (Lipinski definition) is 5. The van der Waals surface area contributed by atoms with Crippen LogP contribution in [0.4, 0.5) is 0 Å². The number of carbonyl (C=O) groups is 2. The minimum Gasteiger partial charge on any atom is -0.482 e. The molecule has 0 N–H and O–H groups in total. The summed E-state index contributed by atoms with van der Waals surface area (Å²) in [5, 5.41) is 0. The predicted molar refractivity (Wildman–Crippen MR) is 73.8 cm³/mol. The minimum atomic E-state index is -0.465. The molecule has 0 unspecified atom stereocenters. The smallest absolute Gasteiger partial charge is 0.343 e. The van der Waals surface area contributed by atoms with Crippen LogP contribution in [-0.2, 0) is 31.9 Å². The molecule has 0 saturated carbocycles. The van der Waals surface area contributed by atoms with Gasteiger partial charge in [-0.25, -0.2) is 4.79 Å². The van der Waals surface area contributed by atoms with Crippen molar-refractivity contribution in [1.29, 1.82) is 0 Å². The van der Waals surface area contributed by atoms with Crippen LogP contribution >= 0.6 is 0 Å². The Morgan fingerprint density at radius 3 is 2.25 bits per heavy atom. The minimum absolute atomic E-state index is 0.109. The Labute approximate surface area is 118 Å². The van der Waals surface area contributed by atoms with Crippen LogP contribution in [0.25, 0.3) is 0 Å². The summed E-state index contributed by atoms with van der Waals surface area (Å²) in [4.78, 5) is 22.6. The fraction of sp³-hybridized carbons (Fsp3) is 0.467. The van der Waals surface area contributed by atoms with Gasteiger partial charge in [0.15, 0.2) is 6.61 Å². The number of rotatable bonds is 6. The Kier molecular flexibility index (Phi) is 6.03. The van der Waals surface area contributed by atoms with Gasteiger partial charge in [0.05, 0.1) is 20.6 Å². The van der Waals surface area contributed by atoms with E-state index in [1.165, 1.54) is 14.2 Å². The summed E-state index contributed by atoms with van der Waals surface area (Å²) in [6.07, 6.45) is 0.955. The Bertz CT molecular complexity index is 493. The first-order chi connectivity index (χ1) is 9.51. The van der Waals surface area contributed by atoms with Crippen LogP contribution in [0.15, 0.2) is 12.1 Å². The maximum Gasteiger partial charge on any atom is 0.343 e. The van der Waals surface area contributed by atoms with Crippen LogP contribution in [0.2, 0.25) is 0 Å². The van der Waals surface area contributed by atoms with Crippen molar-refractivity contribution in [1.82, 2.24) is 0 Å². The van der Waals surface area contributed by atoms with Gasteiger partial charge in [0, 0.05) is 5.56 Å². The number of methoxy groups -OCH3 is 2. The lowest BCUT2D eigenvalue weighted by atomic mass is 10.0. The van der Waals surface area contributed by atoms with Crippen LogP contribution in [0, 0.1) is 6.92 Å². The van der Waals surface area contributed by atoms with Gasteiger partial charge in [-0.1, -0.05) is 13.0 Å². The van der Waals surface area contributed by atoms with E-state index in [1.807, 2.05) is 26.0 Å². The lowest BCUT2D eigenvalue weighted by Gasteiger charge is -2.14. The zero-order chi connectivity index (χ0) is 15.1. The van der Waals surface area contributed by atoms with E-state index < -0.39 is 5.97 Å². The molecular weight excluding hydrogens is 260 g/mol. The third kappa shape index (κ3) is 4.26. The fourth-order valence-electron chi connectivity index (χ4n) is 1.87. The van der Waals surface area contributed by atoms with Gasteiger partial charge < -0.3 is 14.2 Å². The van der Waals surface area contributed by atoms with Crippen molar-refractivity contribution in [2.75, 3.05) is 20.8 Å². The number of aryl methyl sites for hydroxylation is 2. The summed E-state index contributed by atoms with van der Waals surface area (Å²) in [7, 11) is 2.64. The Morgan fingerprint density at radius 1 is 1.05 bits per heavy atom. The third-order valence-electron chi connectivity index (χ3n) is 3.04. The highest BCUT2D eigenvalue weighted by atomic mass is 16.6. The summed E-state index contributed by atoms with van der Waals surface area (Å²) in [6, 6.07) is 3.75. The molecule has 1 aromatic carbocycles. The standard InChI is InChI=1S/C15H20O5/c1-5-11-7-13(20-9-15(17)19-4)12(6-10(11)2)8-14(16)18-3/h6-7H,5,8-9H2,1-4H3. The van der Waals surface area contributed by atoms with E-state index in [2.05, 4.69) is 9.47 Å². The molecule has 1 aromatic rings. The quantitative estimate of drug-likeness (QED) is 0.744. The van der Waals surface area contributed by atoms with E-state index in [9.17, 15) is 9.59 Å². The van der Waals surface area contributed by atoms with Crippen molar-refractivity contribution in [3.05, 3.63) is 28.8 Å². The molecule has 110 valence electrons. The highest BCUT2D eigenvalue weighted by Crippen LogP contribution is 2.25. The van der Waals surface area contributed by atoms with Gasteiger partial charge in [-0.2, -0.15) is 0 Å². The van der Waals surface area contributed by atoms with Crippen LogP contribution in [-0.4, -0.2) is 32.8 Å². The maximum atomic E-state index is 11.4. The number of hydrogen-bond donors (Lipinski definition) is 0. The van der Waals surface area contributed by atoms with Gasteiger partial charge in [-0.3, -0.25) is 4.79 Å². The van der Waals surface area contributed by atoms with Gasteiger partial charge in [-0.15, -0.1) is 0 Å². The third-order valence-corrected chi connectivity index (χ3v) is 3.04. The van der Waals surface area contributed by atoms with Crippen LogP contribution in [0.1, 0.15) is 23.6 Å². The average molecular weight is 280 g/mol. The Balaban J connectivity index is 3.02. The SMILES string of the molecule is CCc1cc(OCC(=O)OC)c(CC(=O)OC)cc1C. The second-order valence-corrected chi connectivity index (χ2v) is 4.36. The molecular formula is C15H20O5. The first-order valence-corrected chi connectivity index (χ1v) is 6.40. The molecule has 1 rings (SSSR count). The Morgan fingerprint density at radius 2 is 1.70 bits per heavy atom. The van der Waals surface area contributed by atoms with Crippen molar-refractivity contribution in [2.45, 2.75) is 26.7 Å². The summed E-state index contributed by atoms with van der Waals surface area (Å²) >= 11 is 0. The van der Waals surface area contributed by atoms with E-state index in [0.29, 0.717) is 11.3 Å². The molecule has 0 aromatic heterocycles. The monoisotopic (exact) mass is 280 g/mol. The van der Waals surface area contributed by atoms with Crippen molar-refractivity contribution in [3.63, 3.8) is 0 Å². The predicted octanol–water partition coefficient (Wildman–Crippen LogP) is 1.82. The molecule has 0 fully saturated rings. The second-order valence-electron chi connectivity index (χ2n) is 4.36. The van der Waals surface area contributed by atoms with Crippen LogP contribution in [0.3, 0.4) is 0 Å². The topological polar surface area (TPSA) is 61.8 Å². The van der Waals surface area contributed by atoms with Crippen molar-refractivity contribution < 1.29 is 23.8 Å². The van der Waals surface area contributed by atoms with Crippen LogP contribution in [0.5, 0.6) is 5.75 Å². The molecule has 0 radical (unpaired) electrons. The normalized spacial score (nSPS) is 10.0. The molecule has 0 bridgehead atoms. The van der Waals surface area contributed by atoms with Crippen molar-refractivity contribution in [3.8, 4) is 5.75 Å². The number of benzene rings is 1. The molecule has 0 aliphatic rings. The average Bonchev–Trinajstić information content (AvgIpc) is 2.45. The van der Waals surface area contributed by atoms with Gasteiger partial charge in [0.1, 0.15) is 5.75 Å². The van der Waals surface area contributed by atoms with Crippen LogP contribution < -0.4 is 4.74 Å². The summed E-state index contributed by atoms with van der Waals surface area (Å²) < 4.78 is 14.7. The molecule has 0 atom stereocenters. The van der Waals surface area contributed by atoms with Crippen molar-refractivity contribution in [2.24, 2.45) is 0 Å².